The fourth-order valence-corrected chi connectivity index (χ4v) is 3.22. The van der Waals surface area contributed by atoms with Gasteiger partial charge in [-0.3, -0.25) is 0 Å². The van der Waals surface area contributed by atoms with Gasteiger partial charge in [0.2, 0.25) is 0 Å². The first-order chi connectivity index (χ1) is 6.79. The van der Waals surface area contributed by atoms with Crippen LogP contribution in [-0.2, 0) is 0 Å². The van der Waals surface area contributed by atoms with Gasteiger partial charge in [-0.15, -0.1) is 11.3 Å². The Labute approximate surface area is 90.5 Å². The van der Waals surface area contributed by atoms with Gasteiger partial charge in [0.15, 0.2) is 0 Å². The molecule has 0 saturated heterocycles. The lowest BCUT2D eigenvalue weighted by atomic mass is 10.0. The van der Waals surface area contributed by atoms with E-state index < -0.39 is 0 Å². The first-order valence-electron chi connectivity index (χ1n) is 5.58. The minimum Gasteiger partial charge on any atom is -0.314 e. The molecule has 78 valence electrons. The van der Waals surface area contributed by atoms with E-state index in [1.165, 1.54) is 24.1 Å². The highest BCUT2D eigenvalue weighted by Gasteiger charge is 2.25. The fourth-order valence-electron chi connectivity index (χ4n) is 2.44. The van der Waals surface area contributed by atoms with E-state index >= 15 is 0 Å². The van der Waals surface area contributed by atoms with Crippen molar-refractivity contribution in [3.8, 4) is 0 Å². The van der Waals surface area contributed by atoms with Crippen LogP contribution in [0.2, 0.25) is 0 Å². The van der Waals surface area contributed by atoms with Gasteiger partial charge in [-0.25, -0.2) is 0 Å². The molecule has 0 spiro atoms. The predicted octanol–water partition coefficient (Wildman–Crippen LogP) is 3.30. The van der Waals surface area contributed by atoms with Gasteiger partial charge in [0.05, 0.1) is 0 Å². The first kappa shape index (κ1) is 10.2. The average Bonchev–Trinajstić information content (AvgIpc) is 2.74. The van der Waals surface area contributed by atoms with Crippen LogP contribution in [0.4, 0.5) is 0 Å². The second-order valence-electron chi connectivity index (χ2n) is 4.26. The molecule has 0 aromatic carbocycles. The summed E-state index contributed by atoms with van der Waals surface area (Å²) in [6.07, 6.45) is 4.06. The quantitative estimate of drug-likeness (QED) is 0.805. The van der Waals surface area contributed by atoms with Crippen LogP contribution in [0.15, 0.2) is 11.4 Å². The van der Waals surface area contributed by atoms with E-state index in [-0.39, 0.29) is 0 Å². The molecule has 1 aliphatic rings. The highest BCUT2D eigenvalue weighted by molar-refractivity contribution is 7.10. The van der Waals surface area contributed by atoms with Crippen LogP contribution in [0, 0.1) is 6.92 Å². The summed E-state index contributed by atoms with van der Waals surface area (Å²) >= 11 is 1.89. The number of rotatable bonds is 3. The van der Waals surface area contributed by atoms with Gasteiger partial charge in [0.1, 0.15) is 0 Å². The molecule has 0 aliphatic heterocycles. The molecule has 1 aliphatic carbocycles. The van der Waals surface area contributed by atoms with E-state index in [0.29, 0.717) is 0 Å². The van der Waals surface area contributed by atoms with Crippen molar-refractivity contribution in [2.24, 2.45) is 0 Å². The standard InChI is InChI=1S/C12H19NS/c1-3-13-12-5-4-10(7-12)11-6-9(2)14-8-11/h6,8,10,12-13H,3-5,7H2,1-2H3. The topological polar surface area (TPSA) is 12.0 Å². The lowest BCUT2D eigenvalue weighted by molar-refractivity contribution is 0.535. The molecular formula is C12H19NS. The molecule has 2 rings (SSSR count). The van der Waals surface area contributed by atoms with Gasteiger partial charge in [-0.1, -0.05) is 6.92 Å². The smallest absolute Gasteiger partial charge is 0.00729 e. The summed E-state index contributed by atoms with van der Waals surface area (Å²) < 4.78 is 0. The molecule has 1 saturated carbocycles. The molecule has 0 radical (unpaired) electrons. The highest BCUT2D eigenvalue weighted by Crippen LogP contribution is 2.36. The molecule has 1 heterocycles. The summed E-state index contributed by atoms with van der Waals surface area (Å²) in [6.45, 7) is 5.51. The molecule has 1 fully saturated rings. The van der Waals surface area contributed by atoms with Gasteiger partial charge in [0.25, 0.3) is 0 Å². The van der Waals surface area contributed by atoms with E-state index in [2.05, 4.69) is 30.6 Å². The van der Waals surface area contributed by atoms with Crippen LogP contribution in [0.5, 0.6) is 0 Å². The van der Waals surface area contributed by atoms with Crippen LogP contribution in [0.25, 0.3) is 0 Å². The predicted molar refractivity (Wildman–Crippen MR) is 63.1 cm³/mol. The molecule has 0 amide bonds. The molecule has 1 aromatic rings. The molecule has 1 N–H and O–H groups in total. The zero-order valence-corrected chi connectivity index (χ0v) is 9.86. The van der Waals surface area contributed by atoms with Crippen molar-refractivity contribution >= 4 is 11.3 Å². The second-order valence-corrected chi connectivity index (χ2v) is 5.37. The highest BCUT2D eigenvalue weighted by atomic mass is 32.1. The average molecular weight is 209 g/mol. The van der Waals surface area contributed by atoms with Crippen LogP contribution in [0.1, 0.15) is 42.5 Å². The second kappa shape index (κ2) is 4.45. The molecule has 2 heteroatoms. The fraction of sp³-hybridized carbons (Fsp3) is 0.667. The first-order valence-corrected chi connectivity index (χ1v) is 6.46. The Morgan fingerprint density at radius 1 is 1.50 bits per heavy atom. The zero-order chi connectivity index (χ0) is 9.97. The van der Waals surface area contributed by atoms with Crippen molar-refractivity contribution in [3.05, 3.63) is 21.9 Å². The Morgan fingerprint density at radius 3 is 3.00 bits per heavy atom. The maximum Gasteiger partial charge on any atom is 0.00729 e. The molecule has 2 unspecified atom stereocenters. The van der Waals surface area contributed by atoms with Crippen molar-refractivity contribution in [3.63, 3.8) is 0 Å². The summed E-state index contributed by atoms with van der Waals surface area (Å²) in [5.74, 6) is 0.823. The largest absolute Gasteiger partial charge is 0.314 e. The van der Waals surface area contributed by atoms with Gasteiger partial charge < -0.3 is 5.32 Å². The Hall–Kier alpha value is -0.340. The van der Waals surface area contributed by atoms with Crippen molar-refractivity contribution in [2.75, 3.05) is 6.54 Å². The summed E-state index contributed by atoms with van der Waals surface area (Å²) in [5, 5.41) is 5.90. The minimum atomic E-state index is 0.769. The molecule has 1 nitrogen and oxygen atoms in total. The van der Waals surface area contributed by atoms with Crippen molar-refractivity contribution < 1.29 is 0 Å². The van der Waals surface area contributed by atoms with Gasteiger partial charge in [-0.2, -0.15) is 0 Å². The summed E-state index contributed by atoms with van der Waals surface area (Å²) in [6, 6.07) is 3.13. The van der Waals surface area contributed by atoms with Gasteiger partial charge in [-0.05, 0) is 55.7 Å². The van der Waals surface area contributed by atoms with Crippen molar-refractivity contribution in [1.82, 2.24) is 5.32 Å². The number of nitrogens with one attached hydrogen (secondary N) is 1. The lowest BCUT2D eigenvalue weighted by Gasteiger charge is -2.10. The van der Waals surface area contributed by atoms with Crippen LogP contribution < -0.4 is 5.32 Å². The van der Waals surface area contributed by atoms with E-state index in [9.17, 15) is 0 Å². The maximum atomic E-state index is 3.55. The lowest BCUT2D eigenvalue weighted by Crippen LogP contribution is -2.25. The zero-order valence-electron chi connectivity index (χ0n) is 9.05. The number of thiophene rings is 1. The van der Waals surface area contributed by atoms with Crippen molar-refractivity contribution in [2.45, 2.75) is 45.1 Å². The molecule has 0 bridgehead atoms. The van der Waals surface area contributed by atoms with Crippen LogP contribution in [0.3, 0.4) is 0 Å². The maximum absolute atomic E-state index is 3.55. The summed E-state index contributed by atoms with van der Waals surface area (Å²) in [7, 11) is 0. The number of hydrogen-bond donors (Lipinski definition) is 1. The number of hydrogen-bond acceptors (Lipinski definition) is 2. The normalized spacial score (nSPS) is 27.0. The number of aryl methyl sites for hydroxylation is 1. The third kappa shape index (κ3) is 2.18. The van der Waals surface area contributed by atoms with Crippen molar-refractivity contribution in [1.29, 1.82) is 0 Å². The van der Waals surface area contributed by atoms with Gasteiger partial charge in [0, 0.05) is 10.9 Å². The Bertz CT molecular complexity index is 292. The molecular weight excluding hydrogens is 190 g/mol. The van der Waals surface area contributed by atoms with Gasteiger partial charge >= 0.3 is 0 Å². The summed E-state index contributed by atoms with van der Waals surface area (Å²) in [5.41, 5.74) is 1.58. The minimum absolute atomic E-state index is 0.769. The Morgan fingerprint density at radius 2 is 2.36 bits per heavy atom. The molecule has 2 atom stereocenters. The van der Waals surface area contributed by atoms with Crippen LogP contribution in [-0.4, -0.2) is 12.6 Å². The SMILES string of the molecule is CCNC1CCC(c2csc(C)c2)C1. The monoisotopic (exact) mass is 209 g/mol. The summed E-state index contributed by atoms with van der Waals surface area (Å²) in [4.78, 5) is 1.45. The third-order valence-corrected chi connectivity index (χ3v) is 4.03. The Balaban J connectivity index is 1.95. The van der Waals surface area contributed by atoms with E-state index in [0.717, 1.165) is 18.5 Å². The van der Waals surface area contributed by atoms with Crippen LogP contribution >= 0.6 is 11.3 Å². The third-order valence-electron chi connectivity index (χ3n) is 3.15. The van der Waals surface area contributed by atoms with E-state index in [4.69, 9.17) is 0 Å². The Kier molecular flexibility index (Phi) is 3.24. The molecule has 14 heavy (non-hydrogen) atoms. The van der Waals surface area contributed by atoms with E-state index in [1.54, 1.807) is 5.56 Å². The molecule has 1 aromatic heterocycles. The van der Waals surface area contributed by atoms with E-state index in [1.807, 2.05) is 11.3 Å².